The monoisotopic (exact) mass is 445 g/mol. The molecule has 1 heterocycles. The summed E-state index contributed by atoms with van der Waals surface area (Å²) in [4.78, 5) is 51.0. The smallest absolute Gasteiger partial charge is 0.326 e. The molecule has 1 aromatic heterocycles. The van der Waals surface area contributed by atoms with Gasteiger partial charge in [-0.15, -0.1) is 0 Å². The van der Waals surface area contributed by atoms with E-state index in [-0.39, 0.29) is 18.9 Å². The minimum Gasteiger partial charge on any atom is -0.480 e. The summed E-state index contributed by atoms with van der Waals surface area (Å²) in [6.45, 7) is 4.77. The molecule has 32 heavy (non-hydrogen) atoms. The average Bonchev–Trinajstić information content (AvgIpc) is 3.13. The second-order valence-corrected chi connectivity index (χ2v) is 8.21. The number of amides is 3. The highest BCUT2D eigenvalue weighted by molar-refractivity contribution is 5.92. The normalized spacial score (nSPS) is 13.9. The topological polar surface area (TPSA) is 166 Å². The number of hydrogen-bond donors (Lipinski definition) is 6. The van der Waals surface area contributed by atoms with Crippen molar-refractivity contribution in [2.75, 3.05) is 6.54 Å². The molecule has 0 saturated heterocycles. The van der Waals surface area contributed by atoms with Gasteiger partial charge in [-0.25, -0.2) is 4.79 Å². The first kappa shape index (κ1) is 24.9. The number of carboxylic acid groups (broad SMARTS) is 1. The van der Waals surface area contributed by atoms with Crippen LogP contribution < -0.4 is 21.7 Å². The van der Waals surface area contributed by atoms with Gasteiger partial charge in [0.15, 0.2) is 0 Å². The molecular formula is C22H31N5O5. The number of rotatable bonds is 11. The van der Waals surface area contributed by atoms with E-state index in [4.69, 9.17) is 5.73 Å². The number of benzene rings is 1. The minimum atomic E-state index is -1.14. The van der Waals surface area contributed by atoms with Gasteiger partial charge >= 0.3 is 5.97 Å². The lowest BCUT2D eigenvalue weighted by Gasteiger charge is -2.20. The zero-order chi connectivity index (χ0) is 23.8. The third-order valence-corrected chi connectivity index (χ3v) is 4.97. The number of aromatic amines is 1. The van der Waals surface area contributed by atoms with Crippen LogP contribution in [-0.2, 0) is 25.6 Å². The van der Waals surface area contributed by atoms with E-state index in [9.17, 15) is 24.3 Å². The maximum atomic E-state index is 12.3. The Labute approximate surface area is 186 Å². The summed E-state index contributed by atoms with van der Waals surface area (Å²) in [6.07, 6.45) is 2.36. The summed E-state index contributed by atoms with van der Waals surface area (Å²) in [6, 6.07) is 4.80. The summed E-state index contributed by atoms with van der Waals surface area (Å²) in [5, 5.41) is 17.5. The van der Waals surface area contributed by atoms with Gasteiger partial charge in [-0.3, -0.25) is 14.4 Å². The SMILES string of the molecule is CC(C)CC(NC(=O)C(C)NC(=O)CNC(=O)C(N)Cc1c[nH]c2ccccc12)C(=O)O. The van der Waals surface area contributed by atoms with Crippen LogP contribution in [0.2, 0.25) is 0 Å². The molecule has 3 unspecified atom stereocenters. The zero-order valence-electron chi connectivity index (χ0n) is 18.5. The Bertz CT molecular complexity index is 971. The van der Waals surface area contributed by atoms with Crippen LogP contribution in [0.4, 0.5) is 0 Å². The Hall–Kier alpha value is -3.40. The van der Waals surface area contributed by atoms with Crippen molar-refractivity contribution in [2.24, 2.45) is 11.7 Å². The molecule has 0 bridgehead atoms. The minimum absolute atomic E-state index is 0.0741. The third kappa shape index (κ3) is 7.09. The Kier molecular flexibility index (Phi) is 8.77. The van der Waals surface area contributed by atoms with Crippen LogP contribution in [-0.4, -0.2) is 58.5 Å². The molecule has 3 atom stereocenters. The van der Waals surface area contributed by atoms with E-state index in [2.05, 4.69) is 20.9 Å². The Morgan fingerprint density at radius 1 is 1.06 bits per heavy atom. The quantitative estimate of drug-likeness (QED) is 0.290. The van der Waals surface area contributed by atoms with Gasteiger partial charge in [0.05, 0.1) is 12.6 Å². The van der Waals surface area contributed by atoms with E-state index in [0.29, 0.717) is 6.42 Å². The van der Waals surface area contributed by atoms with Crippen molar-refractivity contribution in [1.29, 1.82) is 0 Å². The Morgan fingerprint density at radius 3 is 2.41 bits per heavy atom. The Morgan fingerprint density at radius 2 is 1.75 bits per heavy atom. The molecule has 0 saturated carbocycles. The fraction of sp³-hybridized carbons (Fsp3) is 0.455. The molecule has 0 aliphatic heterocycles. The first-order valence-electron chi connectivity index (χ1n) is 10.5. The molecule has 2 rings (SSSR count). The number of para-hydroxylation sites is 1. The largest absolute Gasteiger partial charge is 0.480 e. The maximum Gasteiger partial charge on any atom is 0.326 e. The van der Waals surface area contributed by atoms with Crippen molar-refractivity contribution in [2.45, 2.75) is 51.7 Å². The van der Waals surface area contributed by atoms with Crippen molar-refractivity contribution in [3.05, 3.63) is 36.0 Å². The molecule has 1 aromatic carbocycles. The number of fused-ring (bicyclic) bond motifs is 1. The summed E-state index contributed by atoms with van der Waals surface area (Å²) >= 11 is 0. The molecular weight excluding hydrogens is 414 g/mol. The van der Waals surface area contributed by atoms with Crippen molar-refractivity contribution >= 4 is 34.6 Å². The van der Waals surface area contributed by atoms with Gasteiger partial charge in [-0.2, -0.15) is 0 Å². The van der Waals surface area contributed by atoms with Gasteiger partial charge in [0, 0.05) is 17.1 Å². The predicted molar refractivity (Wildman–Crippen MR) is 120 cm³/mol. The van der Waals surface area contributed by atoms with Crippen LogP contribution >= 0.6 is 0 Å². The van der Waals surface area contributed by atoms with E-state index >= 15 is 0 Å². The van der Waals surface area contributed by atoms with Crippen LogP contribution in [0.3, 0.4) is 0 Å². The van der Waals surface area contributed by atoms with Gasteiger partial charge in [0.2, 0.25) is 17.7 Å². The number of carboxylic acids is 1. The fourth-order valence-electron chi connectivity index (χ4n) is 3.28. The van der Waals surface area contributed by atoms with Gasteiger partial charge < -0.3 is 31.8 Å². The first-order valence-corrected chi connectivity index (χ1v) is 10.5. The molecule has 0 aliphatic rings. The van der Waals surface area contributed by atoms with Gasteiger partial charge in [0.25, 0.3) is 0 Å². The molecule has 7 N–H and O–H groups in total. The van der Waals surface area contributed by atoms with Gasteiger partial charge in [-0.05, 0) is 37.3 Å². The predicted octanol–water partition coefficient (Wildman–Crippen LogP) is 0.274. The summed E-state index contributed by atoms with van der Waals surface area (Å²) in [7, 11) is 0. The van der Waals surface area contributed by atoms with Crippen LogP contribution in [0.1, 0.15) is 32.8 Å². The molecule has 2 aromatic rings. The van der Waals surface area contributed by atoms with Crippen LogP contribution in [0.5, 0.6) is 0 Å². The number of aromatic nitrogens is 1. The van der Waals surface area contributed by atoms with Gasteiger partial charge in [0.1, 0.15) is 12.1 Å². The number of aliphatic carboxylic acids is 1. The zero-order valence-corrected chi connectivity index (χ0v) is 18.5. The first-order chi connectivity index (χ1) is 15.1. The maximum absolute atomic E-state index is 12.3. The molecule has 0 spiro atoms. The second kappa shape index (κ2) is 11.3. The van der Waals surface area contributed by atoms with Crippen molar-refractivity contribution in [3.63, 3.8) is 0 Å². The fourth-order valence-corrected chi connectivity index (χ4v) is 3.28. The average molecular weight is 446 g/mol. The van der Waals surface area contributed by atoms with Crippen molar-refractivity contribution in [1.82, 2.24) is 20.9 Å². The highest BCUT2D eigenvalue weighted by Gasteiger charge is 2.25. The lowest BCUT2D eigenvalue weighted by atomic mass is 10.0. The number of nitrogens with two attached hydrogens (primary N) is 1. The third-order valence-electron chi connectivity index (χ3n) is 4.97. The Balaban J connectivity index is 1.80. The summed E-state index contributed by atoms with van der Waals surface area (Å²) in [5.41, 5.74) is 7.82. The molecule has 10 heteroatoms. The van der Waals surface area contributed by atoms with E-state index in [1.165, 1.54) is 6.92 Å². The van der Waals surface area contributed by atoms with E-state index < -0.39 is 41.8 Å². The van der Waals surface area contributed by atoms with E-state index in [0.717, 1.165) is 16.5 Å². The molecule has 0 fully saturated rings. The number of nitrogens with one attached hydrogen (secondary N) is 4. The highest BCUT2D eigenvalue weighted by atomic mass is 16.4. The standard InChI is InChI=1S/C22H31N5O5/c1-12(2)8-18(22(31)32)27-20(29)13(3)26-19(28)11-25-21(30)16(23)9-14-10-24-17-7-5-4-6-15(14)17/h4-7,10,12-13,16,18,24H,8-9,11,23H2,1-3H3,(H,25,30)(H,26,28)(H,27,29)(H,31,32). The van der Waals surface area contributed by atoms with Crippen LogP contribution in [0.25, 0.3) is 10.9 Å². The molecule has 0 radical (unpaired) electrons. The lowest BCUT2D eigenvalue weighted by molar-refractivity contribution is -0.142. The summed E-state index contributed by atoms with van der Waals surface area (Å²) in [5.74, 6) is -2.76. The number of carbonyl (C=O) groups excluding carboxylic acids is 3. The molecule has 3 amide bonds. The van der Waals surface area contributed by atoms with E-state index in [1.807, 2.05) is 38.1 Å². The second-order valence-electron chi connectivity index (χ2n) is 8.21. The van der Waals surface area contributed by atoms with Crippen LogP contribution in [0.15, 0.2) is 30.5 Å². The van der Waals surface area contributed by atoms with Crippen molar-refractivity contribution < 1.29 is 24.3 Å². The highest BCUT2D eigenvalue weighted by Crippen LogP contribution is 2.18. The van der Waals surface area contributed by atoms with E-state index in [1.54, 1.807) is 6.20 Å². The molecule has 0 aliphatic carbocycles. The molecule has 174 valence electrons. The number of carbonyl (C=O) groups is 4. The number of hydrogen-bond acceptors (Lipinski definition) is 5. The number of H-pyrrole nitrogens is 1. The molecule has 10 nitrogen and oxygen atoms in total. The van der Waals surface area contributed by atoms with Crippen molar-refractivity contribution in [3.8, 4) is 0 Å². The van der Waals surface area contributed by atoms with Gasteiger partial charge in [-0.1, -0.05) is 32.0 Å². The van der Waals surface area contributed by atoms with Crippen LogP contribution in [0, 0.1) is 5.92 Å². The lowest BCUT2D eigenvalue weighted by Crippen LogP contribution is -2.52. The summed E-state index contributed by atoms with van der Waals surface area (Å²) < 4.78 is 0.